The van der Waals surface area contributed by atoms with E-state index in [1.807, 2.05) is 6.07 Å². The highest BCUT2D eigenvalue weighted by atomic mass is 19.1. The van der Waals surface area contributed by atoms with E-state index < -0.39 is 17.8 Å². The van der Waals surface area contributed by atoms with Crippen LogP contribution in [0.1, 0.15) is 38.1 Å². The first-order valence-electron chi connectivity index (χ1n) is 6.57. The van der Waals surface area contributed by atoms with E-state index >= 15 is 0 Å². The first-order valence-corrected chi connectivity index (χ1v) is 6.57. The third-order valence-corrected chi connectivity index (χ3v) is 2.54. The SMILES string of the molecule is CC(C)(C)OC(=O)NCC(=CF)C(O)c1ccc(C#N)nc1. The molecule has 22 heavy (non-hydrogen) atoms. The third kappa shape index (κ3) is 5.50. The molecule has 2 N–H and O–H groups in total. The molecule has 1 heterocycles. The minimum Gasteiger partial charge on any atom is -0.444 e. The van der Waals surface area contributed by atoms with Gasteiger partial charge in [0.05, 0.1) is 6.33 Å². The van der Waals surface area contributed by atoms with E-state index in [1.165, 1.54) is 18.3 Å². The van der Waals surface area contributed by atoms with Gasteiger partial charge >= 0.3 is 6.09 Å². The van der Waals surface area contributed by atoms with Crippen LogP contribution in [0, 0.1) is 11.3 Å². The molecule has 0 radical (unpaired) electrons. The van der Waals surface area contributed by atoms with Gasteiger partial charge in [0.2, 0.25) is 0 Å². The van der Waals surface area contributed by atoms with Crippen molar-refractivity contribution < 1.29 is 19.0 Å². The Morgan fingerprint density at radius 3 is 2.73 bits per heavy atom. The molecule has 0 fully saturated rings. The van der Waals surface area contributed by atoms with Crippen LogP contribution in [0.25, 0.3) is 0 Å². The number of halogens is 1. The predicted molar refractivity (Wildman–Crippen MR) is 77.3 cm³/mol. The molecule has 0 spiro atoms. The molecular weight excluding hydrogens is 289 g/mol. The number of ether oxygens (including phenoxy) is 1. The fourth-order valence-electron chi connectivity index (χ4n) is 1.53. The Labute approximate surface area is 128 Å². The van der Waals surface area contributed by atoms with Crippen LogP contribution in [0.4, 0.5) is 9.18 Å². The first kappa shape index (κ1) is 17.6. The topological polar surface area (TPSA) is 95.2 Å². The van der Waals surface area contributed by atoms with Gasteiger partial charge in [-0.2, -0.15) is 5.26 Å². The minimum absolute atomic E-state index is 0.0580. The van der Waals surface area contributed by atoms with Gasteiger partial charge in [0.25, 0.3) is 0 Å². The highest BCUT2D eigenvalue weighted by Crippen LogP contribution is 2.21. The largest absolute Gasteiger partial charge is 0.444 e. The molecule has 0 aliphatic heterocycles. The Kier molecular flexibility index (Phi) is 6.01. The van der Waals surface area contributed by atoms with Crippen molar-refractivity contribution in [1.29, 1.82) is 5.26 Å². The summed E-state index contributed by atoms with van der Waals surface area (Å²) in [6, 6.07) is 4.72. The van der Waals surface area contributed by atoms with Gasteiger partial charge in [0, 0.05) is 23.9 Å². The second-order valence-electron chi connectivity index (χ2n) is 5.53. The van der Waals surface area contributed by atoms with E-state index in [2.05, 4.69) is 10.3 Å². The van der Waals surface area contributed by atoms with E-state index in [0.29, 0.717) is 5.56 Å². The standard InChI is InChI=1S/C15H18FN3O3/c1-15(2,3)22-14(21)19-9-11(6-16)13(20)10-4-5-12(7-17)18-8-10/h4-6,8,13,20H,9H2,1-3H3,(H,19,21). The lowest BCUT2D eigenvalue weighted by molar-refractivity contribution is 0.0529. The molecule has 6 nitrogen and oxygen atoms in total. The van der Waals surface area contributed by atoms with Gasteiger partial charge in [-0.15, -0.1) is 0 Å². The van der Waals surface area contributed by atoms with E-state index in [-0.39, 0.29) is 24.1 Å². The maximum atomic E-state index is 12.9. The molecule has 1 rings (SSSR count). The number of nitrogens with zero attached hydrogens (tertiary/aromatic N) is 2. The molecule has 0 bridgehead atoms. The molecule has 0 aromatic carbocycles. The van der Waals surface area contributed by atoms with Crippen molar-refractivity contribution in [3.05, 3.63) is 41.5 Å². The summed E-state index contributed by atoms with van der Waals surface area (Å²) in [6.45, 7) is 4.90. The Bertz CT molecular complexity index is 586. The van der Waals surface area contributed by atoms with Crippen LogP contribution in [-0.4, -0.2) is 28.3 Å². The zero-order chi connectivity index (χ0) is 16.8. The van der Waals surface area contributed by atoms with Gasteiger partial charge in [-0.1, -0.05) is 6.07 Å². The van der Waals surface area contributed by atoms with Gasteiger partial charge in [0.1, 0.15) is 23.5 Å². The molecule has 0 aliphatic rings. The summed E-state index contributed by atoms with van der Waals surface area (Å²) in [5.74, 6) is 0. The number of hydrogen-bond donors (Lipinski definition) is 2. The minimum atomic E-state index is -1.28. The van der Waals surface area contributed by atoms with Crippen LogP contribution < -0.4 is 5.32 Å². The Balaban J connectivity index is 2.67. The van der Waals surface area contributed by atoms with Crippen molar-refractivity contribution in [2.45, 2.75) is 32.5 Å². The zero-order valence-electron chi connectivity index (χ0n) is 12.6. The maximum Gasteiger partial charge on any atom is 0.407 e. The van der Waals surface area contributed by atoms with Crippen LogP contribution in [0.2, 0.25) is 0 Å². The second-order valence-corrected chi connectivity index (χ2v) is 5.53. The van der Waals surface area contributed by atoms with Crippen LogP contribution >= 0.6 is 0 Å². The quantitative estimate of drug-likeness (QED) is 0.890. The lowest BCUT2D eigenvalue weighted by Crippen LogP contribution is -2.34. The number of nitriles is 1. The smallest absolute Gasteiger partial charge is 0.407 e. The number of rotatable bonds is 4. The van der Waals surface area contributed by atoms with Crippen molar-refractivity contribution in [3.8, 4) is 6.07 Å². The van der Waals surface area contributed by atoms with E-state index in [0.717, 1.165) is 0 Å². The number of nitrogens with one attached hydrogen (secondary N) is 1. The van der Waals surface area contributed by atoms with Crippen LogP contribution in [0.3, 0.4) is 0 Å². The Hall–Kier alpha value is -2.46. The van der Waals surface area contributed by atoms with Crippen molar-refractivity contribution >= 4 is 6.09 Å². The highest BCUT2D eigenvalue weighted by molar-refractivity contribution is 5.68. The first-order chi connectivity index (χ1) is 10.3. The van der Waals surface area contributed by atoms with Gasteiger partial charge in [-0.3, -0.25) is 0 Å². The van der Waals surface area contributed by atoms with E-state index in [1.54, 1.807) is 20.8 Å². The molecule has 0 saturated heterocycles. The third-order valence-electron chi connectivity index (χ3n) is 2.54. The number of carbonyl (C=O) groups is 1. The van der Waals surface area contributed by atoms with Crippen molar-refractivity contribution in [2.24, 2.45) is 0 Å². The lowest BCUT2D eigenvalue weighted by Gasteiger charge is -2.20. The molecular formula is C15H18FN3O3. The number of pyridine rings is 1. The molecule has 1 unspecified atom stereocenters. The van der Waals surface area contributed by atoms with Crippen molar-refractivity contribution in [1.82, 2.24) is 10.3 Å². The summed E-state index contributed by atoms with van der Waals surface area (Å²) >= 11 is 0. The summed E-state index contributed by atoms with van der Waals surface area (Å²) in [5.41, 5.74) is -0.223. The van der Waals surface area contributed by atoms with Crippen LogP contribution in [-0.2, 0) is 4.74 Å². The fourth-order valence-corrected chi connectivity index (χ4v) is 1.53. The van der Waals surface area contributed by atoms with Gasteiger partial charge in [-0.05, 0) is 26.8 Å². The normalized spacial score (nSPS) is 13.2. The molecule has 1 atom stereocenters. The molecule has 0 aliphatic carbocycles. The Morgan fingerprint density at radius 1 is 1.59 bits per heavy atom. The number of aromatic nitrogens is 1. The number of aliphatic hydroxyl groups excluding tert-OH is 1. The summed E-state index contributed by atoms with van der Waals surface area (Å²) in [5, 5.41) is 21.1. The summed E-state index contributed by atoms with van der Waals surface area (Å²) in [6.07, 6.45) is -0.488. The van der Waals surface area contributed by atoms with Gasteiger partial charge in [0.15, 0.2) is 0 Å². The van der Waals surface area contributed by atoms with Gasteiger partial charge < -0.3 is 15.2 Å². The number of amides is 1. The van der Waals surface area contributed by atoms with Crippen molar-refractivity contribution in [3.63, 3.8) is 0 Å². The number of carbonyl (C=O) groups excluding carboxylic acids is 1. The average Bonchev–Trinajstić information content (AvgIpc) is 2.46. The Morgan fingerprint density at radius 2 is 2.27 bits per heavy atom. The predicted octanol–water partition coefficient (Wildman–Crippen LogP) is 2.36. The lowest BCUT2D eigenvalue weighted by atomic mass is 10.0. The number of alkyl carbamates (subject to hydrolysis) is 1. The molecule has 1 aromatic heterocycles. The van der Waals surface area contributed by atoms with Crippen molar-refractivity contribution in [2.75, 3.05) is 6.54 Å². The molecule has 118 valence electrons. The van der Waals surface area contributed by atoms with Crippen LogP contribution in [0.5, 0.6) is 0 Å². The average molecular weight is 307 g/mol. The molecule has 0 saturated carbocycles. The summed E-state index contributed by atoms with van der Waals surface area (Å²) < 4.78 is 18.0. The monoisotopic (exact) mass is 307 g/mol. The number of aliphatic hydroxyl groups is 1. The summed E-state index contributed by atoms with van der Waals surface area (Å²) in [7, 11) is 0. The summed E-state index contributed by atoms with van der Waals surface area (Å²) in [4.78, 5) is 15.3. The zero-order valence-corrected chi connectivity index (χ0v) is 12.6. The second kappa shape index (κ2) is 7.52. The fraction of sp³-hybridized carbons (Fsp3) is 0.400. The van der Waals surface area contributed by atoms with E-state index in [9.17, 15) is 14.3 Å². The number of hydrogen-bond acceptors (Lipinski definition) is 5. The maximum absolute atomic E-state index is 12.9. The molecule has 7 heteroatoms. The highest BCUT2D eigenvalue weighted by Gasteiger charge is 2.19. The van der Waals surface area contributed by atoms with Crippen LogP contribution in [0.15, 0.2) is 30.2 Å². The van der Waals surface area contributed by atoms with E-state index in [4.69, 9.17) is 10.00 Å². The van der Waals surface area contributed by atoms with Gasteiger partial charge in [-0.25, -0.2) is 14.2 Å². The molecule has 1 amide bonds. The molecule has 1 aromatic rings.